The zero-order valence-electron chi connectivity index (χ0n) is 16.6. The molecular formula is C18H26F3N3O5. The summed E-state index contributed by atoms with van der Waals surface area (Å²) in [4.78, 5) is 14.0. The third kappa shape index (κ3) is 2.97. The highest BCUT2D eigenvalue weighted by Gasteiger charge is 2.77. The topological polar surface area (TPSA) is 94.9 Å². The lowest BCUT2D eigenvalue weighted by Gasteiger charge is -2.62. The smallest absolute Gasteiger partial charge is 0.342 e. The van der Waals surface area contributed by atoms with Gasteiger partial charge in [-0.1, -0.05) is 19.0 Å². The van der Waals surface area contributed by atoms with E-state index in [1.165, 1.54) is 6.92 Å². The van der Waals surface area contributed by atoms with Crippen molar-refractivity contribution in [2.45, 2.75) is 76.1 Å². The normalized spacial score (nSPS) is 49.1. The van der Waals surface area contributed by atoms with Crippen LogP contribution in [0, 0.1) is 23.7 Å². The lowest BCUT2D eigenvalue weighted by Crippen LogP contribution is -2.76. The largest absolute Gasteiger partial charge is 0.443 e. The Morgan fingerprint density at radius 2 is 1.90 bits per heavy atom. The zero-order valence-corrected chi connectivity index (χ0v) is 16.6. The van der Waals surface area contributed by atoms with Crippen LogP contribution in [0.4, 0.5) is 13.2 Å². The highest BCUT2D eigenvalue weighted by atomic mass is 19.4. The molecular weight excluding hydrogens is 395 g/mol. The molecule has 8 nitrogen and oxygen atoms in total. The van der Waals surface area contributed by atoms with Gasteiger partial charge < -0.3 is 14.2 Å². The molecule has 5 rings (SSSR count). The Labute approximate surface area is 166 Å². The molecule has 4 aliphatic heterocycles. The average Bonchev–Trinajstić information content (AvgIpc) is 2.88. The monoisotopic (exact) mass is 421 g/mol. The second kappa shape index (κ2) is 6.96. The number of hydrogen-bond acceptors (Lipinski definition) is 6. The summed E-state index contributed by atoms with van der Waals surface area (Å²) in [6.07, 6.45) is -3.59. The SMILES string of the molecule is C[C@@H]1CC[C@H]2[C@@H](C)[C@](OCCN=[N+]=[N-])(C(F)(F)F)O[C@@H]3O[C@@]4(C)CC[C@@H]1[C@]32OO4. The molecule has 1 spiro atoms. The third-order valence-electron chi connectivity index (χ3n) is 7.23. The Balaban J connectivity index is 1.76. The van der Waals surface area contributed by atoms with Gasteiger partial charge in [-0.25, -0.2) is 9.78 Å². The molecule has 5 fully saturated rings. The van der Waals surface area contributed by atoms with Gasteiger partial charge in [0.25, 0.3) is 5.79 Å². The van der Waals surface area contributed by atoms with Crippen molar-refractivity contribution in [2.75, 3.05) is 13.2 Å². The van der Waals surface area contributed by atoms with E-state index in [1.54, 1.807) is 6.92 Å². The molecule has 11 heteroatoms. The summed E-state index contributed by atoms with van der Waals surface area (Å²) in [6, 6.07) is 0. The molecule has 0 aromatic carbocycles. The molecule has 8 atom stereocenters. The van der Waals surface area contributed by atoms with Crippen LogP contribution in [-0.4, -0.2) is 42.8 Å². The molecule has 0 unspecified atom stereocenters. The minimum absolute atomic E-state index is 0.0487. The Morgan fingerprint density at radius 1 is 1.14 bits per heavy atom. The maximum absolute atomic E-state index is 14.4. The summed E-state index contributed by atoms with van der Waals surface area (Å²) in [6.45, 7) is 4.56. The first kappa shape index (κ1) is 21.1. The first-order valence-corrected chi connectivity index (χ1v) is 10.0. The van der Waals surface area contributed by atoms with Crippen LogP contribution in [0.3, 0.4) is 0 Å². The number of hydrogen-bond donors (Lipinski definition) is 0. The van der Waals surface area contributed by atoms with E-state index in [-0.39, 0.29) is 18.4 Å². The third-order valence-corrected chi connectivity index (χ3v) is 7.23. The molecule has 164 valence electrons. The molecule has 1 saturated carbocycles. The highest BCUT2D eigenvalue weighted by molar-refractivity contribution is 5.12. The van der Waals surface area contributed by atoms with Gasteiger partial charge in [0.05, 0.1) is 6.61 Å². The van der Waals surface area contributed by atoms with Crippen molar-refractivity contribution in [1.29, 1.82) is 0 Å². The molecule has 2 bridgehead atoms. The van der Waals surface area contributed by atoms with Gasteiger partial charge in [-0.3, -0.25) is 0 Å². The Kier molecular flexibility index (Phi) is 5.08. The van der Waals surface area contributed by atoms with Crippen molar-refractivity contribution in [2.24, 2.45) is 28.8 Å². The maximum Gasteiger partial charge on any atom is 0.443 e. The van der Waals surface area contributed by atoms with E-state index in [1.807, 2.05) is 0 Å². The van der Waals surface area contributed by atoms with Crippen LogP contribution in [-0.2, 0) is 24.0 Å². The Bertz CT molecular complexity index is 705. The van der Waals surface area contributed by atoms with Crippen LogP contribution in [0.2, 0.25) is 0 Å². The summed E-state index contributed by atoms with van der Waals surface area (Å²) in [5.41, 5.74) is 7.29. The summed E-state index contributed by atoms with van der Waals surface area (Å²) < 4.78 is 60.1. The van der Waals surface area contributed by atoms with Crippen LogP contribution in [0.15, 0.2) is 5.11 Å². The molecule has 0 aromatic rings. The van der Waals surface area contributed by atoms with E-state index in [2.05, 4.69) is 16.9 Å². The van der Waals surface area contributed by atoms with Crippen molar-refractivity contribution in [3.8, 4) is 0 Å². The lowest BCUT2D eigenvalue weighted by molar-refractivity contribution is -0.598. The van der Waals surface area contributed by atoms with Crippen molar-refractivity contribution in [1.82, 2.24) is 0 Å². The summed E-state index contributed by atoms with van der Waals surface area (Å²) in [5, 5.41) is 3.27. The quantitative estimate of drug-likeness (QED) is 0.220. The predicted octanol–water partition coefficient (Wildman–Crippen LogP) is 4.45. The number of ether oxygens (including phenoxy) is 3. The van der Waals surface area contributed by atoms with E-state index >= 15 is 0 Å². The number of fused-ring (bicyclic) bond motifs is 2. The molecule has 1 aliphatic carbocycles. The van der Waals surface area contributed by atoms with Crippen LogP contribution in [0.25, 0.3) is 10.4 Å². The van der Waals surface area contributed by atoms with Crippen molar-refractivity contribution in [3.05, 3.63) is 10.4 Å². The van der Waals surface area contributed by atoms with E-state index in [4.69, 9.17) is 29.5 Å². The molecule has 0 radical (unpaired) electrons. The average molecular weight is 421 g/mol. The molecule has 29 heavy (non-hydrogen) atoms. The molecule has 5 aliphatic rings. The summed E-state index contributed by atoms with van der Waals surface area (Å²) >= 11 is 0. The standard InChI is InChI=1S/C18H26F3N3O5/c1-10-4-5-13-11(2)17(18(19,20)21,25-9-8-23-24-22)27-14-16(13)12(10)6-7-15(3,26-14)28-29-16/h10-14H,4-9H2,1-3H3/t10-,11-,12+,13+,14+,15-,16-,17-/m1/s1. The Morgan fingerprint density at radius 3 is 2.59 bits per heavy atom. The second-order valence-corrected chi connectivity index (χ2v) is 8.78. The second-order valence-electron chi connectivity index (χ2n) is 8.78. The predicted molar refractivity (Wildman–Crippen MR) is 91.8 cm³/mol. The first-order chi connectivity index (χ1) is 13.6. The zero-order chi connectivity index (χ0) is 21.1. The molecule has 4 saturated heterocycles. The van der Waals surface area contributed by atoms with Gasteiger partial charge in [0.1, 0.15) is 0 Å². The van der Waals surface area contributed by atoms with Crippen LogP contribution in [0.5, 0.6) is 0 Å². The molecule has 0 amide bonds. The van der Waals surface area contributed by atoms with Gasteiger partial charge in [0, 0.05) is 29.7 Å². The molecule has 0 N–H and O–H groups in total. The van der Waals surface area contributed by atoms with Crippen molar-refractivity contribution < 1.29 is 37.2 Å². The van der Waals surface area contributed by atoms with Crippen LogP contribution >= 0.6 is 0 Å². The van der Waals surface area contributed by atoms with E-state index in [0.717, 1.165) is 12.8 Å². The number of nitrogens with zero attached hydrogens (tertiary/aromatic N) is 3. The van der Waals surface area contributed by atoms with Gasteiger partial charge in [0.15, 0.2) is 11.9 Å². The van der Waals surface area contributed by atoms with Crippen LogP contribution < -0.4 is 0 Å². The van der Waals surface area contributed by atoms with Gasteiger partial charge in [-0.15, -0.1) is 0 Å². The highest BCUT2D eigenvalue weighted by Crippen LogP contribution is 2.64. The summed E-state index contributed by atoms with van der Waals surface area (Å²) in [5.74, 6) is -5.48. The van der Waals surface area contributed by atoms with Gasteiger partial charge in [0.2, 0.25) is 5.79 Å². The minimum Gasteiger partial charge on any atom is -0.342 e. The minimum atomic E-state index is -4.82. The number of halogens is 3. The van der Waals surface area contributed by atoms with Gasteiger partial charge in [-0.05, 0) is 43.6 Å². The number of rotatable bonds is 4. The summed E-state index contributed by atoms with van der Waals surface area (Å²) in [7, 11) is 0. The maximum atomic E-state index is 14.4. The van der Waals surface area contributed by atoms with Gasteiger partial charge in [-0.2, -0.15) is 13.2 Å². The van der Waals surface area contributed by atoms with E-state index < -0.39 is 48.1 Å². The van der Waals surface area contributed by atoms with E-state index in [9.17, 15) is 13.2 Å². The van der Waals surface area contributed by atoms with Crippen molar-refractivity contribution in [3.63, 3.8) is 0 Å². The number of alkyl halides is 3. The van der Waals surface area contributed by atoms with E-state index in [0.29, 0.717) is 12.8 Å². The fourth-order valence-electron chi connectivity index (χ4n) is 5.77. The van der Waals surface area contributed by atoms with Crippen LogP contribution in [0.1, 0.15) is 46.5 Å². The van der Waals surface area contributed by atoms with Gasteiger partial charge >= 0.3 is 6.18 Å². The lowest BCUT2D eigenvalue weighted by atomic mass is 9.57. The molecule has 0 aromatic heterocycles. The number of azide groups is 1. The van der Waals surface area contributed by atoms with Crippen molar-refractivity contribution >= 4 is 0 Å². The molecule has 4 heterocycles. The fraction of sp³-hybridized carbons (Fsp3) is 1.00. The Hall–Kier alpha value is -1.10. The first-order valence-electron chi connectivity index (χ1n) is 10.0. The fourth-order valence-corrected chi connectivity index (χ4v) is 5.77.